The second-order valence-corrected chi connectivity index (χ2v) is 7.15. The van der Waals surface area contributed by atoms with Crippen LogP contribution in [0.15, 0.2) is 48.8 Å². The fraction of sp³-hybridized carbons (Fsp3) is 0.476. The van der Waals surface area contributed by atoms with E-state index in [0.717, 1.165) is 44.2 Å². The van der Waals surface area contributed by atoms with Crippen LogP contribution < -0.4 is 4.74 Å². The maximum Gasteiger partial charge on any atom is 0.145 e. The second kappa shape index (κ2) is 9.12. The van der Waals surface area contributed by atoms with E-state index in [2.05, 4.69) is 47.8 Å². The minimum absolute atomic E-state index is 0.317. The number of hydrogen-bond donors (Lipinski definition) is 0. The third kappa shape index (κ3) is 5.53. The molecule has 0 spiro atoms. The van der Waals surface area contributed by atoms with Crippen LogP contribution in [0.4, 0.5) is 0 Å². The SMILES string of the molecule is C[C@@H]1CN(CCN(C)Cc2ccccc2Oc2cccnc2)C[C@H](C)O1. The molecule has 26 heavy (non-hydrogen) atoms. The molecule has 1 fully saturated rings. The van der Waals surface area contributed by atoms with E-state index in [1.165, 1.54) is 5.56 Å². The number of benzene rings is 1. The summed E-state index contributed by atoms with van der Waals surface area (Å²) >= 11 is 0. The van der Waals surface area contributed by atoms with Gasteiger partial charge >= 0.3 is 0 Å². The molecule has 5 heteroatoms. The first kappa shape index (κ1) is 18.8. The number of rotatable bonds is 7. The van der Waals surface area contributed by atoms with Crippen molar-refractivity contribution in [2.75, 3.05) is 33.2 Å². The number of para-hydroxylation sites is 1. The largest absolute Gasteiger partial charge is 0.455 e. The summed E-state index contributed by atoms with van der Waals surface area (Å²) in [5.74, 6) is 1.65. The zero-order chi connectivity index (χ0) is 18.4. The van der Waals surface area contributed by atoms with Crippen molar-refractivity contribution in [1.29, 1.82) is 0 Å². The number of likely N-dealkylation sites (N-methyl/N-ethyl adjacent to an activating group) is 1. The van der Waals surface area contributed by atoms with E-state index in [0.29, 0.717) is 12.2 Å². The average Bonchev–Trinajstić information content (AvgIpc) is 2.62. The lowest BCUT2D eigenvalue weighted by Gasteiger charge is -2.36. The highest BCUT2D eigenvalue weighted by atomic mass is 16.5. The zero-order valence-electron chi connectivity index (χ0n) is 16.0. The van der Waals surface area contributed by atoms with Gasteiger partial charge in [-0.15, -0.1) is 0 Å². The molecule has 0 unspecified atom stereocenters. The molecule has 5 nitrogen and oxygen atoms in total. The monoisotopic (exact) mass is 355 g/mol. The first-order valence-electron chi connectivity index (χ1n) is 9.32. The summed E-state index contributed by atoms with van der Waals surface area (Å²) in [6.45, 7) is 9.25. The summed E-state index contributed by atoms with van der Waals surface area (Å²) in [6.07, 6.45) is 4.12. The molecular weight excluding hydrogens is 326 g/mol. The first-order chi connectivity index (χ1) is 12.6. The number of pyridine rings is 1. The molecule has 1 saturated heterocycles. The van der Waals surface area contributed by atoms with E-state index < -0.39 is 0 Å². The van der Waals surface area contributed by atoms with E-state index in [9.17, 15) is 0 Å². The third-order valence-corrected chi connectivity index (χ3v) is 4.57. The third-order valence-electron chi connectivity index (χ3n) is 4.57. The van der Waals surface area contributed by atoms with Crippen LogP contribution in [0.2, 0.25) is 0 Å². The molecule has 140 valence electrons. The summed E-state index contributed by atoms with van der Waals surface area (Å²) in [4.78, 5) is 8.95. The Hall–Kier alpha value is -1.95. The van der Waals surface area contributed by atoms with Crippen LogP contribution >= 0.6 is 0 Å². The van der Waals surface area contributed by atoms with Crippen LogP contribution in [-0.2, 0) is 11.3 Å². The maximum atomic E-state index is 6.02. The van der Waals surface area contributed by atoms with Crippen LogP contribution in [0.25, 0.3) is 0 Å². The fourth-order valence-electron chi connectivity index (χ4n) is 3.42. The Morgan fingerprint density at radius 1 is 1.15 bits per heavy atom. The first-order valence-corrected chi connectivity index (χ1v) is 9.32. The molecular formula is C21H29N3O2. The van der Waals surface area contributed by atoms with E-state index in [1.807, 2.05) is 24.3 Å². The maximum absolute atomic E-state index is 6.02. The predicted octanol–water partition coefficient (Wildman–Crippen LogP) is 3.41. The highest BCUT2D eigenvalue weighted by Crippen LogP contribution is 2.25. The lowest BCUT2D eigenvalue weighted by atomic mass is 10.2. The molecule has 1 aromatic heterocycles. The Morgan fingerprint density at radius 3 is 2.65 bits per heavy atom. The summed E-state index contributed by atoms with van der Waals surface area (Å²) in [7, 11) is 2.16. The molecule has 2 aromatic rings. The number of ether oxygens (including phenoxy) is 2. The Bertz CT molecular complexity index is 670. The van der Waals surface area contributed by atoms with E-state index in [1.54, 1.807) is 12.4 Å². The van der Waals surface area contributed by atoms with Crippen molar-refractivity contribution in [3.8, 4) is 11.5 Å². The Morgan fingerprint density at radius 2 is 1.92 bits per heavy atom. The molecule has 0 amide bonds. The van der Waals surface area contributed by atoms with Gasteiger partial charge < -0.3 is 14.4 Å². The minimum Gasteiger partial charge on any atom is -0.455 e. The normalized spacial score (nSPS) is 21.1. The van der Waals surface area contributed by atoms with Crippen LogP contribution in [0.3, 0.4) is 0 Å². The Labute approximate surface area is 156 Å². The molecule has 1 aliphatic rings. The standard InChI is InChI=1S/C21H29N3O2/c1-17-14-24(15-18(2)25-17)12-11-23(3)16-19-7-4-5-9-21(19)26-20-8-6-10-22-13-20/h4-10,13,17-18H,11-12,14-16H2,1-3H3/t17-,18+. The molecule has 2 heterocycles. The number of hydrogen-bond acceptors (Lipinski definition) is 5. The van der Waals surface area contributed by atoms with Crippen molar-refractivity contribution in [2.45, 2.75) is 32.6 Å². The van der Waals surface area contributed by atoms with Crippen molar-refractivity contribution < 1.29 is 9.47 Å². The smallest absolute Gasteiger partial charge is 0.145 e. The highest BCUT2D eigenvalue weighted by Gasteiger charge is 2.22. The van der Waals surface area contributed by atoms with Gasteiger partial charge in [0.25, 0.3) is 0 Å². The topological polar surface area (TPSA) is 37.8 Å². The molecule has 0 aliphatic carbocycles. The molecule has 3 rings (SSSR count). The Balaban J connectivity index is 1.55. The number of aromatic nitrogens is 1. The van der Waals surface area contributed by atoms with Crippen molar-refractivity contribution in [1.82, 2.24) is 14.8 Å². The van der Waals surface area contributed by atoms with Gasteiger partial charge in [0.2, 0.25) is 0 Å². The van der Waals surface area contributed by atoms with Crippen LogP contribution in [-0.4, -0.2) is 60.2 Å². The Kier molecular flexibility index (Phi) is 6.61. The van der Waals surface area contributed by atoms with Gasteiger partial charge in [0.1, 0.15) is 11.5 Å². The molecule has 0 N–H and O–H groups in total. The summed E-state index contributed by atoms with van der Waals surface area (Å²) in [5.41, 5.74) is 1.18. The fourth-order valence-corrected chi connectivity index (χ4v) is 3.42. The molecule has 1 aromatic carbocycles. The van der Waals surface area contributed by atoms with E-state index >= 15 is 0 Å². The molecule has 1 aliphatic heterocycles. The lowest BCUT2D eigenvalue weighted by Crippen LogP contribution is -2.47. The van der Waals surface area contributed by atoms with Crippen LogP contribution in [0.1, 0.15) is 19.4 Å². The molecule has 0 saturated carbocycles. The van der Waals surface area contributed by atoms with Gasteiger partial charge in [-0.05, 0) is 39.1 Å². The van der Waals surface area contributed by atoms with Crippen molar-refractivity contribution in [3.05, 3.63) is 54.4 Å². The summed E-state index contributed by atoms with van der Waals surface area (Å²) in [6, 6.07) is 12.0. The van der Waals surface area contributed by atoms with E-state index in [4.69, 9.17) is 9.47 Å². The van der Waals surface area contributed by atoms with Crippen molar-refractivity contribution in [3.63, 3.8) is 0 Å². The number of nitrogens with zero attached hydrogens (tertiary/aromatic N) is 3. The molecule has 0 bridgehead atoms. The number of morpholine rings is 1. The predicted molar refractivity (Wildman–Crippen MR) is 104 cm³/mol. The van der Waals surface area contributed by atoms with Crippen LogP contribution in [0.5, 0.6) is 11.5 Å². The van der Waals surface area contributed by atoms with Gasteiger partial charge in [0.15, 0.2) is 0 Å². The minimum atomic E-state index is 0.317. The quantitative estimate of drug-likeness (QED) is 0.761. The summed E-state index contributed by atoms with van der Waals surface area (Å²) < 4.78 is 11.8. The summed E-state index contributed by atoms with van der Waals surface area (Å²) in [5, 5.41) is 0. The zero-order valence-corrected chi connectivity index (χ0v) is 16.0. The molecule has 2 atom stereocenters. The van der Waals surface area contributed by atoms with Gasteiger partial charge in [0, 0.05) is 44.5 Å². The average molecular weight is 355 g/mol. The lowest BCUT2D eigenvalue weighted by molar-refractivity contribution is -0.0691. The van der Waals surface area contributed by atoms with Gasteiger partial charge in [0.05, 0.1) is 18.4 Å². The van der Waals surface area contributed by atoms with Crippen molar-refractivity contribution >= 4 is 0 Å². The second-order valence-electron chi connectivity index (χ2n) is 7.15. The van der Waals surface area contributed by atoms with Gasteiger partial charge in [-0.1, -0.05) is 18.2 Å². The van der Waals surface area contributed by atoms with Gasteiger partial charge in [-0.2, -0.15) is 0 Å². The van der Waals surface area contributed by atoms with Gasteiger partial charge in [-0.3, -0.25) is 9.88 Å². The molecule has 0 radical (unpaired) electrons. The van der Waals surface area contributed by atoms with Crippen LogP contribution in [0, 0.1) is 0 Å². The van der Waals surface area contributed by atoms with E-state index in [-0.39, 0.29) is 0 Å². The van der Waals surface area contributed by atoms with Gasteiger partial charge in [-0.25, -0.2) is 0 Å². The van der Waals surface area contributed by atoms with Crippen molar-refractivity contribution in [2.24, 2.45) is 0 Å². The highest BCUT2D eigenvalue weighted by molar-refractivity contribution is 5.36.